The molecule has 0 bridgehead atoms. The number of hydrogen-bond acceptors (Lipinski definition) is 5. The molecular weight excluding hydrogens is 366 g/mol. The van der Waals surface area contributed by atoms with Gasteiger partial charge < -0.3 is 4.42 Å². The predicted octanol–water partition coefficient (Wildman–Crippen LogP) is 2.87. The van der Waals surface area contributed by atoms with Crippen LogP contribution in [0.1, 0.15) is 16.1 Å². The standard InChI is InChI=1S/C19H17N3O4S/c1-22(27(24,25)18-7-3-2-4-8-18)16-11-9-15(10-12-16)19(23)21-20-14-17-6-5-13-26-17/h2-14H,1H3,(H,21,23)/b20-14+. The molecule has 0 saturated heterocycles. The molecule has 1 heterocycles. The van der Waals surface area contributed by atoms with E-state index in [0.717, 1.165) is 0 Å². The molecule has 0 atom stereocenters. The molecule has 0 saturated carbocycles. The summed E-state index contributed by atoms with van der Waals surface area (Å²) in [5.74, 6) is 0.0938. The van der Waals surface area contributed by atoms with Gasteiger partial charge in [0.15, 0.2) is 0 Å². The molecule has 1 aromatic heterocycles. The van der Waals surface area contributed by atoms with E-state index in [-0.39, 0.29) is 4.90 Å². The van der Waals surface area contributed by atoms with E-state index in [1.807, 2.05) is 0 Å². The van der Waals surface area contributed by atoms with Crippen molar-refractivity contribution in [3.05, 3.63) is 84.3 Å². The maximum absolute atomic E-state index is 12.6. The Morgan fingerprint density at radius 3 is 2.37 bits per heavy atom. The van der Waals surface area contributed by atoms with Crippen LogP contribution in [0.15, 0.2) is 87.4 Å². The number of nitrogens with zero attached hydrogens (tertiary/aromatic N) is 2. The molecule has 0 aliphatic carbocycles. The smallest absolute Gasteiger partial charge is 0.271 e. The predicted molar refractivity (Wildman–Crippen MR) is 102 cm³/mol. The zero-order valence-corrected chi connectivity index (χ0v) is 15.3. The molecule has 0 radical (unpaired) electrons. The quantitative estimate of drug-likeness (QED) is 0.523. The lowest BCUT2D eigenvalue weighted by molar-refractivity contribution is 0.0955. The van der Waals surface area contributed by atoms with E-state index in [4.69, 9.17) is 4.42 Å². The number of furan rings is 1. The summed E-state index contributed by atoms with van der Waals surface area (Å²) in [5, 5.41) is 3.80. The van der Waals surface area contributed by atoms with Crippen LogP contribution in [0.25, 0.3) is 0 Å². The highest BCUT2D eigenvalue weighted by Gasteiger charge is 2.21. The SMILES string of the molecule is CN(c1ccc(C(=O)N/N=C/c2ccco2)cc1)S(=O)(=O)c1ccccc1. The molecule has 0 aliphatic rings. The lowest BCUT2D eigenvalue weighted by atomic mass is 10.2. The summed E-state index contributed by atoms with van der Waals surface area (Å²) in [7, 11) is -2.20. The second kappa shape index (κ2) is 7.88. The molecule has 1 N–H and O–H groups in total. The number of benzene rings is 2. The van der Waals surface area contributed by atoms with Crippen LogP contribution < -0.4 is 9.73 Å². The maximum Gasteiger partial charge on any atom is 0.271 e. The van der Waals surface area contributed by atoms with E-state index < -0.39 is 15.9 Å². The molecule has 0 spiro atoms. The number of anilines is 1. The minimum absolute atomic E-state index is 0.196. The topological polar surface area (TPSA) is 92.0 Å². The van der Waals surface area contributed by atoms with Crippen molar-refractivity contribution in [3.63, 3.8) is 0 Å². The van der Waals surface area contributed by atoms with Gasteiger partial charge in [-0.2, -0.15) is 5.10 Å². The summed E-state index contributed by atoms with van der Waals surface area (Å²) in [6, 6.07) is 17.7. The molecule has 2 aromatic carbocycles. The number of hydrazone groups is 1. The largest absolute Gasteiger partial charge is 0.463 e. The fraction of sp³-hybridized carbons (Fsp3) is 0.0526. The van der Waals surface area contributed by atoms with Gasteiger partial charge in [-0.05, 0) is 48.5 Å². The van der Waals surface area contributed by atoms with Crippen LogP contribution in [-0.4, -0.2) is 27.6 Å². The highest BCUT2D eigenvalue weighted by Crippen LogP contribution is 2.22. The molecule has 3 rings (SSSR count). The molecular formula is C19H17N3O4S. The summed E-state index contributed by atoms with van der Waals surface area (Å²) >= 11 is 0. The van der Waals surface area contributed by atoms with Gasteiger partial charge in [-0.3, -0.25) is 9.10 Å². The Kier molecular flexibility index (Phi) is 5.37. The van der Waals surface area contributed by atoms with E-state index in [2.05, 4.69) is 10.5 Å². The Hall–Kier alpha value is -3.39. The average Bonchev–Trinajstić information content (AvgIpc) is 3.21. The van der Waals surface area contributed by atoms with Crippen molar-refractivity contribution in [1.82, 2.24) is 5.43 Å². The number of amides is 1. The molecule has 7 nitrogen and oxygen atoms in total. The fourth-order valence-corrected chi connectivity index (χ4v) is 3.51. The highest BCUT2D eigenvalue weighted by atomic mass is 32.2. The first-order chi connectivity index (χ1) is 13.0. The Bertz CT molecular complexity index is 1030. The molecule has 0 aliphatic heterocycles. The average molecular weight is 383 g/mol. The Morgan fingerprint density at radius 1 is 1.04 bits per heavy atom. The summed E-state index contributed by atoms with van der Waals surface area (Å²) in [6.45, 7) is 0. The first kappa shape index (κ1) is 18.4. The van der Waals surface area contributed by atoms with Crippen molar-refractivity contribution in [1.29, 1.82) is 0 Å². The number of hydrogen-bond donors (Lipinski definition) is 1. The first-order valence-corrected chi connectivity index (χ1v) is 9.43. The van der Waals surface area contributed by atoms with Crippen LogP contribution >= 0.6 is 0 Å². The third-order valence-corrected chi connectivity index (χ3v) is 5.60. The van der Waals surface area contributed by atoms with Crippen LogP contribution in [0.3, 0.4) is 0 Å². The second-order valence-corrected chi connectivity index (χ2v) is 7.52. The van der Waals surface area contributed by atoms with E-state index >= 15 is 0 Å². The van der Waals surface area contributed by atoms with Crippen LogP contribution in [0.5, 0.6) is 0 Å². The molecule has 3 aromatic rings. The lowest BCUT2D eigenvalue weighted by Gasteiger charge is -2.19. The number of carbonyl (C=O) groups excluding carboxylic acids is 1. The summed E-state index contributed by atoms with van der Waals surface area (Å²) in [5.41, 5.74) is 3.17. The van der Waals surface area contributed by atoms with E-state index in [0.29, 0.717) is 17.0 Å². The van der Waals surface area contributed by atoms with Gasteiger partial charge in [-0.25, -0.2) is 13.8 Å². The molecule has 27 heavy (non-hydrogen) atoms. The van der Waals surface area contributed by atoms with Gasteiger partial charge in [0.25, 0.3) is 15.9 Å². The van der Waals surface area contributed by atoms with Crippen LogP contribution in [0, 0.1) is 0 Å². The second-order valence-electron chi connectivity index (χ2n) is 5.55. The van der Waals surface area contributed by atoms with Crippen molar-refractivity contribution in [2.75, 3.05) is 11.4 Å². The van der Waals surface area contributed by atoms with Gasteiger partial charge in [0.2, 0.25) is 0 Å². The molecule has 0 fully saturated rings. The van der Waals surface area contributed by atoms with E-state index in [1.54, 1.807) is 42.5 Å². The Balaban J connectivity index is 1.70. The van der Waals surface area contributed by atoms with Gasteiger partial charge in [-0.15, -0.1) is 0 Å². The molecule has 138 valence electrons. The zero-order valence-electron chi connectivity index (χ0n) is 14.4. The monoisotopic (exact) mass is 383 g/mol. The van der Waals surface area contributed by atoms with Gasteiger partial charge >= 0.3 is 0 Å². The fourth-order valence-electron chi connectivity index (χ4n) is 2.30. The number of nitrogens with one attached hydrogen (secondary N) is 1. The van der Waals surface area contributed by atoms with Crippen LogP contribution in [-0.2, 0) is 10.0 Å². The molecule has 1 amide bonds. The van der Waals surface area contributed by atoms with E-state index in [1.165, 1.54) is 48.1 Å². The summed E-state index contributed by atoms with van der Waals surface area (Å²) < 4.78 is 31.5. The number of rotatable bonds is 6. The molecule has 8 heteroatoms. The maximum atomic E-state index is 12.6. The zero-order chi connectivity index (χ0) is 19.3. The minimum atomic E-state index is -3.67. The highest BCUT2D eigenvalue weighted by molar-refractivity contribution is 7.92. The van der Waals surface area contributed by atoms with Gasteiger partial charge in [-0.1, -0.05) is 18.2 Å². The van der Waals surface area contributed by atoms with Crippen LogP contribution in [0.4, 0.5) is 5.69 Å². The minimum Gasteiger partial charge on any atom is -0.463 e. The van der Waals surface area contributed by atoms with Crippen molar-refractivity contribution in [3.8, 4) is 0 Å². The van der Waals surface area contributed by atoms with Crippen molar-refractivity contribution < 1.29 is 17.6 Å². The van der Waals surface area contributed by atoms with Gasteiger partial charge in [0.05, 0.1) is 23.1 Å². The lowest BCUT2D eigenvalue weighted by Crippen LogP contribution is -2.26. The van der Waals surface area contributed by atoms with Crippen LogP contribution in [0.2, 0.25) is 0 Å². The number of sulfonamides is 1. The third kappa shape index (κ3) is 4.24. The third-order valence-electron chi connectivity index (χ3n) is 3.80. The summed E-state index contributed by atoms with van der Waals surface area (Å²) in [4.78, 5) is 12.3. The molecule has 0 unspecified atom stereocenters. The Labute approximate surface area is 157 Å². The Morgan fingerprint density at radius 2 is 1.74 bits per heavy atom. The normalized spacial score (nSPS) is 11.4. The first-order valence-electron chi connectivity index (χ1n) is 7.99. The van der Waals surface area contributed by atoms with Crippen molar-refractivity contribution >= 4 is 27.8 Å². The van der Waals surface area contributed by atoms with Crippen molar-refractivity contribution in [2.45, 2.75) is 4.90 Å². The van der Waals surface area contributed by atoms with Gasteiger partial charge in [0, 0.05) is 12.6 Å². The van der Waals surface area contributed by atoms with Gasteiger partial charge in [0.1, 0.15) is 5.76 Å². The summed E-state index contributed by atoms with van der Waals surface area (Å²) in [6.07, 6.45) is 2.88. The number of carbonyl (C=O) groups is 1. The van der Waals surface area contributed by atoms with E-state index in [9.17, 15) is 13.2 Å². The van der Waals surface area contributed by atoms with Crippen molar-refractivity contribution in [2.24, 2.45) is 5.10 Å².